The fourth-order valence-corrected chi connectivity index (χ4v) is 2.80. The van der Waals surface area contributed by atoms with Gasteiger partial charge in [0.25, 0.3) is 5.69 Å². The molecule has 31 heavy (non-hydrogen) atoms. The van der Waals surface area contributed by atoms with E-state index >= 15 is 0 Å². The van der Waals surface area contributed by atoms with Gasteiger partial charge in [-0.05, 0) is 26.3 Å². The summed E-state index contributed by atoms with van der Waals surface area (Å²) in [4.78, 5) is 20.9. The zero-order valence-corrected chi connectivity index (χ0v) is 17.5. The molecule has 9 nitrogen and oxygen atoms in total. The van der Waals surface area contributed by atoms with E-state index in [2.05, 4.69) is 10.2 Å². The summed E-state index contributed by atoms with van der Waals surface area (Å²) in [5, 5.41) is 17.8. The van der Waals surface area contributed by atoms with Crippen molar-refractivity contribution in [2.75, 3.05) is 13.2 Å². The summed E-state index contributed by atoms with van der Waals surface area (Å²) in [5.41, 5.74) is -2.55. The fraction of sp³-hybridized carbons (Fsp3) is 0.500. The van der Waals surface area contributed by atoms with Crippen LogP contribution in [0.4, 0.5) is 18.9 Å². The number of unbranched alkanes of at least 4 members (excludes halogenated alkanes) is 1. The van der Waals surface area contributed by atoms with Crippen molar-refractivity contribution in [3.8, 4) is 11.5 Å². The molecule has 13 heteroatoms. The molecule has 0 aliphatic carbocycles. The molecule has 1 heterocycles. The van der Waals surface area contributed by atoms with Crippen LogP contribution in [0.15, 0.2) is 22.3 Å². The second kappa shape index (κ2) is 9.50. The van der Waals surface area contributed by atoms with Crippen molar-refractivity contribution >= 4 is 34.9 Å². The van der Waals surface area contributed by atoms with Gasteiger partial charge in [0, 0.05) is 6.07 Å². The second-order valence-electron chi connectivity index (χ2n) is 6.42. The number of halogens is 4. The minimum Gasteiger partial charge on any atom is -0.489 e. The van der Waals surface area contributed by atoms with E-state index in [0.717, 1.165) is 19.1 Å². The highest BCUT2D eigenvalue weighted by Crippen LogP contribution is 2.41. The Morgan fingerprint density at radius 2 is 1.97 bits per heavy atom. The summed E-state index contributed by atoms with van der Waals surface area (Å²) in [6.45, 7) is 4.36. The monoisotopic (exact) mass is 465 g/mol. The first-order valence-electron chi connectivity index (χ1n) is 9.16. The molecule has 1 unspecified atom stereocenters. The van der Waals surface area contributed by atoms with Crippen molar-refractivity contribution in [1.29, 1.82) is 0 Å². The Kier molecular flexibility index (Phi) is 7.47. The molecular formula is C18H19ClF3N3O6. The molecule has 1 aromatic carbocycles. The number of benzene rings is 1. The number of carbonyl (C=O) groups excluding carboxylic acids is 1. The van der Waals surface area contributed by atoms with E-state index in [-0.39, 0.29) is 24.7 Å². The first kappa shape index (κ1) is 24.4. The molecule has 0 radical (unpaired) electrons. The highest BCUT2D eigenvalue weighted by atomic mass is 35.5. The minimum absolute atomic E-state index is 0.0123. The van der Waals surface area contributed by atoms with Crippen molar-refractivity contribution in [3.63, 3.8) is 0 Å². The molecule has 1 aliphatic rings. The van der Waals surface area contributed by atoms with Gasteiger partial charge in [0.2, 0.25) is 5.90 Å². The predicted octanol–water partition coefficient (Wildman–Crippen LogP) is 4.66. The van der Waals surface area contributed by atoms with Gasteiger partial charge in [-0.25, -0.2) is 4.79 Å². The largest absolute Gasteiger partial charge is 0.489 e. The normalized spacial score (nSPS) is 18.3. The number of alkyl halides is 4. The molecule has 0 bridgehead atoms. The van der Waals surface area contributed by atoms with E-state index in [9.17, 15) is 28.1 Å². The lowest BCUT2D eigenvalue weighted by Crippen LogP contribution is -2.45. The summed E-state index contributed by atoms with van der Waals surface area (Å²) in [6.07, 6.45) is -3.62. The molecule has 2 rings (SSSR count). The van der Waals surface area contributed by atoms with E-state index in [0.29, 0.717) is 12.8 Å². The van der Waals surface area contributed by atoms with Crippen LogP contribution < -0.4 is 9.47 Å². The number of ether oxygens (including phenoxy) is 3. The van der Waals surface area contributed by atoms with Gasteiger partial charge in [0.1, 0.15) is 0 Å². The SMILES string of the molecule is CCCCOC(=O)c1c([N+](=O)[O-])ccc(OC2=NN=C(C(F)(F)F)C2(C)Cl)c1OCC. The third kappa shape index (κ3) is 5.24. The highest BCUT2D eigenvalue weighted by molar-refractivity contribution is 6.49. The molecule has 1 aliphatic heterocycles. The molecule has 0 saturated carbocycles. The molecule has 0 saturated heterocycles. The van der Waals surface area contributed by atoms with Crippen molar-refractivity contribution in [1.82, 2.24) is 0 Å². The molecule has 0 spiro atoms. The average Bonchev–Trinajstić information content (AvgIpc) is 2.97. The summed E-state index contributed by atoms with van der Waals surface area (Å²) < 4.78 is 55.2. The number of nitro benzene ring substituents is 1. The molecule has 0 N–H and O–H groups in total. The second-order valence-corrected chi connectivity index (χ2v) is 7.18. The van der Waals surface area contributed by atoms with Gasteiger partial charge in [-0.1, -0.05) is 13.3 Å². The van der Waals surface area contributed by atoms with Gasteiger partial charge in [-0.2, -0.15) is 13.2 Å². The van der Waals surface area contributed by atoms with Crippen LogP contribution in [0, 0.1) is 10.1 Å². The number of rotatable bonds is 8. The van der Waals surface area contributed by atoms with Crippen LogP contribution in [-0.4, -0.2) is 46.8 Å². The van der Waals surface area contributed by atoms with Gasteiger partial charge >= 0.3 is 12.1 Å². The Labute approximate surface area is 180 Å². The Hall–Kier alpha value is -2.89. The molecule has 0 amide bonds. The maximum absolute atomic E-state index is 13.1. The summed E-state index contributed by atoms with van der Waals surface area (Å²) in [7, 11) is 0. The summed E-state index contributed by atoms with van der Waals surface area (Å²) in [6, 6.07) is 2.01. The Morgan fingerprint density at radius 3 is 2.48 bits per heavy atom. The maximum atomic E-state index is 13.1. The Balaban J connectivity index is 2.48. The Bertz CT molecular complexity index is 931. The zero-order chi connectivity index (χ0) is 23.4. The van der Waals surface area contributed by atoms with Crippen molar-refractivity contribution < 1.29 is 37.1 Å². The van der Waals surface area contributed by atoms with Gasteiger partial charge in [-0.3, -0.25) is 10.1 Å². The average molecular weight is 466 g/mol. The first-order chi connectivity index (χ1) is 14.4. The van der Waals surface area contributed by atoms with Crippen molar-refractivity contribution in [3.05, 3.63) is 27.8 Å². The van der Waals surface area contributed by atoms with Crippen LogP contribution in [0.2, 0.25) is 0 Å². The number of hydrogen-bond donors (Lipinski definition) is 0. The molecular weight excluding hydrogens is 447 g/mol. The number of nitrogens with zero attached hydrogens (tertiary/aromatic N) is 3. The lowest BCUT2D eigenvalue weighted by molar-refractivity contribution is -0.385. The van der Waals surface area contributed by atoms with Crippen LogP contribution in [0.25, 0.3) is 0 Å². The van der Waals surface area contributed by atoms with E-state index in [1.165, 1.54) is 0 Å². The molecule has 170 valence electrons. The van der Waals surface area contributed by atoms with Gasteiger partial charge in [-0.15, -0.1) is 21.8 Å². The molecule has 1 atom stereocenters. The van der Waals surface area contributed by atoms with E-state index < -0.39 is 44.8 Å². The summed E-state index contributed by atoms with van der Waals surface area (Å²) in [5.74, 6) is -2.36. The van der Waals surface area contributed by atoms with E-state index in [1.807, 2.05) is 6.92 Å². The summed E-state index contributed by atoms with van der Waals surface area (Å²) >= 11 is 5.98. The number of carbonyl (C=O) groups is 1. The topological polar surface area (TPSA) is 113 Å². The van der Waals surface area contributed by atoms with Gasteiger partial charge in [0.05, 0.1) is 18.1 Å². The number of hydrogen-bond acceptors (Lipinski definition) is 8. The standard InChI is InChI=1S/C18H19ClF3N3O6/c1-4-6-9-30-14(26)12-10(25(27)28)7-8-11(13(12)29-5-2)31-16-17(3,19)15(23-24-16)18(20,21)22/h7-8H,4-6,9H2,1-3H3. The Morgan fingerprint density at radius 1 is 1.29 bits per heavy atom. The third-order valence-electron chi connectivity index (χ3n) is 4.08. The lowest BCUT2D eigenvalue weighted by atomic mass is 10.0. The smallest absolute Gasteiger partial charge is 0.433 e. The van der Waals surface area contributed by atoms with E-state index in [1.54, 1.807) is 6.92 Å². The van der Waals surface area contributed by atoms with Gasteiger partial charge < -0.3 is 14.2 Å². The number of nitro groups is 1. The predicted molar refractivity (Wildman–Crippen MR) is 105 cm³/mol. The quantitative estimate of drug-likeness (QED) is 0.181. The van der Waals surface area contributed by atoms with Crippen molar-refractivity contribution in [2.45, 2.75) is 44.7 Å². The van der Waals surface area contributed by atoms with Crippen molar-refractivity contribution in [2.24, 2.45) is 10.2 Å². The minimum atomic E-state index is -4.86. The third-order valence-corrected chi connectivity index (χ3v) is 4.42. The molecule has 1 aromatic rings. The molecule has 0 aromatic heterocycles. The van der Waals surface area contributed by atoms with Crippen LogP contribution in [0.5, 0.6) is 11.5 Å². The van der Waals surface area contributed by atoms with E-state index in [4.69, 9.17) is 25.8 Å². The maximum Gasteiger partial charge on any atom is 0.433 e. The van der Waals surface area contributed by atoms with Gasteiger partial charge in [0.15, 0.2) is 27.6 Å². The van der Waals surface area contributed by atoms with Crippen LogP contribution in [-0.2, 0) is 4.74 Å². The number of esters is 1. The fourth-order valence-electron chi connectivity index (χ4n) is 2.58. The first-order valence-corrected chi connectivity index (χ1v) is 9.54. The lowest BCUT2D eigenvalue weighted by Gasteiger charge is -2.22. The van der Waals surface area contributed by atoms with Crippen LogP contribution in [0.3, 0.4) is 0 Å². The van der Waals surface area contributed by atoms with Crippen LogP contribution >= 0.6 is 11.6 Å². The molecule has 0 fully saturated rings. The zero-order valence-electron chi connectivity index (χ0n) is 16.8. The van der Waals surface area contributed by atoms with Crippen LogP contribution in [0.1, 0.15) is 44.0 Å². The highest BCUT2D eigenvalue weighted by Gasteiger charge is 2.54.